The summed E-state index contributed by atoms with van der Waals surface area (Å²) in [7, 11) is 0. The highest BCUT2D eigenvalue weighted by molar-refractivity contribution is 6.15. The van der Waals surface area contributed by atoms with Crippen LogP contribution in [0.4, 0.5) is 4.39 Å². The molecule has 88 valence electrons. The van der Waals surface area contributed by atoms with Gasteiger partial charge in [-0.15, -0.1) is 0 Å². The number of nitrogens with zero attached hydrogens (tertiary/aromatic N) is 1. The van der Waals surface area contributed by atoms with Gasteiger partial charge in [-0.05, 0) is 18.2 Å². The van der Waals surface area contributed by atoms with Gasteiger partial charge in [0.25, 0.3) is 0 Å². The van der Waals surface area contributed by atoms with Gasteiger partial charge in [0.1, 0.15) is 11.8 Å². The SMILES string of the molecule is O=C(c1cccnc1F)c1coc2ccccc12. The van der Waals surface area contributed by atoms with Crippen LogP contribution < -0.4 is 0 Å². The molecular weight excluding hydrogens is 233 g/mol. The Labute approximate surface area is 102 Å². The van der Waals surface area contributed by atoms with Crippen LogP contribution in [0.5, 0.6) is 0 Å². The largest absolute Gasteiger partial charge is 0.464 e. The fraction of sp³-hybridized carbons (Fsp3) is 0. The minimum absolute atomic E-state index is 0.0518. The number of furan rings is 1. The number of ketones is 1. The number of fused-ring (bicyclic) bond motifs is 1. The first-order chi connectivity index (χ1) is 8.77. The van der Waals surface area contributed by atoms with Crippen molar-refractivity contribution in [3.8, 4) is 0 Å². The highest BCUT2D eigenvalue weighted by atomic mass is 19.1. The van der Waals surface area contributed by atoms with Gasteiger partial charge in [0.15, 0.2) is 0 Å². The normalized spacial score (nSPS) is 10.7. The molecule has 2 aromatic heterocycles. The van der Waals surface area contributed by atoms with E-state index >= 15 is 0 Å². The molecule has 0 bridgehead atoms. The van der Waals surface area contributed by atoms with E-state index in [4.69, 9.17) is 4.42 Å². The molecule has 0 aliphatic carbocycles. The molecule has 0 saturated carbocycles. The first kappa shape index (κ1) is 10.7. The first-order valence-corrected chi connectivity index (χ1v) is 5.39. The lowest BCUT2D eigenvalue weighted by atomic mass is 10.0. The van der Waals surface area contributed by atoms with Crippen LogP contribution >= 0.6 is 0 Å². The van der Waals surface area contributed by atoms with Gasteiger partial charge >= 0.3 is 0 Å². The molecule has 0 unspecified atom stereocenters. The fourth-order valence-electron chi connectivity index (χ4n) is 1.85. The van der Waals surface area contributed by atoms with Gasteiger partial charge in [0.05, 0.1) is 11.1 Å². The zero-order valence-electron chi connectivity index (χ0n) is 9.26. The molecule has 0 amide bonds. The number of para-hydroxylation sites is 1. The molecular formula is C14H8FNO2. The van der Waals surface area contributed by atoms with Crippen LogP contribution in [0.25, 0.3) is 11.0 Å². The fourth-order valence-corrected chi connectivity index (χ4v) is 1.85. The Kier molecular flexibility index (Phi) is 2.41. The minimum Gasteiger partial charge on any atom is -0.464 e. The molecule has 0 spiro atoms. The van der Waals surface area contributed by atoms with Crippen LogP contribution in [0.15, 0.2) is 53.3 Å². The average molecular weight is 241 g/mol. The maximum atomic E-state index is 13.5. The summed E-state index contributed by atoms with van der Waals surface area (Å²) in [6.45, 7) is 0. The summed E-state index contributed by atoms with van der Waals surface area (Å²) in [6.07, 6.45) is 2.65. The molecule has 3 nitrogen and oxygen atoms in total. The Morgan fingerprint density at radius 2 is 1.94 bits per heavy atom. The van der Waals surface area contributed by atoms with Gasteiger partial charge in [0, 0.05) is 11.6 Å². The van der Waals surface area contributed by atoms with E-state index in [0.717, 1.165) is 0 Å². The van der Waals surface area contributed by atoms with Crippen LogP contribution in [-0.2, 0) is 0 Å². The highest BCUT2D eigenvalue weighted by Crippen LogP contribution is 2.23. The molecule has 3 aromatic rings. The molecule has 0 N–H and O–H groups in total. The predicted octanol–water partition coefficient (Wildman–Crippen LogP) is 3.20. The molecule has 0 aliphatic heterocycles. The number of halogens is 1. The molecule has 18 heavy (non-hydrogen) atoms. The Morgan fingerprint density at radius 1 is 1.11 bits per heavy atom. The zero-order chi connectivity index (χ0) is 12.5. The molecule has 1 aromatic carbocycles. The van der Waals surface area contributed by atoms with Crippen molar-refractivity contribution in [3.63, 3.8) is 0 Å². The quantitative estimate of drug-likeness (QED) is 0.511. The lowest BCUT2D eigenvalue weighted by Crippen LogP contribution is -2.04. The molecule has 2 heterocycles. The Hall–Kier alpha value is -2.49. The number of carbonyl (C=O) groups is 1. The van der Waals surface area contributed by atoms with Crippen LogP contribution in [0.2, 0.25) is 0 Å². The zero-order valence-corrected chi connectivity index (χ0v) is 9.26. The van der Waals surface area contributed by atoms with Crippen molar-refractivity contribution in [1.29, 1.82) is 0 Å². The second kappa shape index (κ2) is 4.07. The van der Waals surface area contributed by atoms with Gasteiger partial charge in [-0.25, -0.2) is 4.98 Å². The van der Waals surface area contributed by atoms with Crippen molar-refractivity contribution in [3.05, 3.63) is 65.9 Å². The summed E-state index contributed by atoms with van der Waals surface area (Å²) in [4.78, 5) is 15.7. The molecule has 0 aliphatic rings. The maximum Gasteiger partial charge on any atom is 0.224 e. The van der Waals surface area contributed by atoms with E-state index in [-0.39, 0.29) is 5.56 Å². The third kappa shape index (κ3) is 1.59. The second-order valence-electron chi connectivity index (χ2n) is 3.82. The first-order valence-electron chi connectivity index (χ1n) is 5.39. The Balaban J connectivity index is 2.16. The smallest absolute Gasteiger partial charge is 0.224 e. The third-order valence-corrected chi connectivity index (χ3v) is 2.73. The highest BCUT2D eigenvalue weighted by Gasteiger charge is 2.18. The number of carbonyl (C=O) groups excluding carboxylic acids is 1. The van der Waals surface area contributed by atoms with Crippen molar-refractivity contribution in [2.45, 2.75) is 0 Å². The molecule has 0 radical (unpaired) electrons. The van der Waals surface area contributed by atoms with E-state index in [1.807, 2.05) is 6.07 Å². The number of benzene rings is 1. The third-order valence-electron chi connectivity index (χ3n) is 2.73. The standard InChI is InChI=1S/C14H8FNO2/c15-14-10(5-3-7-16-14)13(17)11-8-18-12-6-2-1-4-9(11)12/h1-8H. The van der Waals surface area contributed by atoms with E-state index in [0.29, 0.717) is 16.5 Å². The molecule has 0 atom stereocenters. The van der Waals surface area contributed by atoms with Crippen molar-refractivity contribution >= 4 is 16.8 Å². The van der Waals surface area contributed by atoms with E-state index in [9.17, 15) is 9.18 Å². The average Bonchev–Trinajstić information content (AvgIpc) is 2.82. The minimum atomic E-state index is -0.771. The summed E-state index contributed by atoms with van der Waals surface area (Å²) < 4.78 is 18.7. The Bertz CT molecular complexity index is 733. The lowest BCUT2D eigenvalue weighted by molar-refractivity contribution is 0.103. The van der Waals surface area contributed by atoms with E-state index in [2.05, 4.69) is 4.98 Å². The van der Waals surface area contributed by atoms with Crippen LogP contribution in [0.3, 0.4) is 0 Å². The molecule has 4 heteroatoms. The second-order valence-corrected chi connectivity index (χ2v) is 3.82. The number of rotatable bonds is 2. The van der Waals surface area contributed by atoms with Gasteiger partial charge in [-0.2, -0.15) is 4.39 Å². The van der Waals surface area contributed by atoms with E-state index in [1.54, 1.807) is 18.2 Å². The van der Waals surface area contributed by atoms with Crippen molar-refractivity contribution in [2.24, 2.45) is 0 Å². The molecule has 0 saturated heterocycles. The van der Waals surface area contributed by atoms with E-state index in [1.165, 1.54) is 24.6 Å². The van der Waals surface area contributed by atoms with Gasteiger partial charge in [0.2, 0.25) is 11.7 Å². The number of hydrogen-bond acceptors (Lipinski definition) is 3. The molecule has 3 rings (SSSR count). The van der Waals surface area contributed by atoms with Crippen molar-refractivity contribution < 1.29 is 13.6 Å². The summed E-state index contributed by atoms with van der Waals surface area (Å²) >= 11 is 0. The topological polar surface area (TPSA) is 43.1 Å². The van der Waals surface area contributed by atoms with Crippen LogP contribution in [0, 0.1) is 5.95 Å². The lowest BCUT2D eigenvalue weighted by Gasteiger charge is -1.99. The van der Waals surface area contributed by atoms with Crippen molar-refractivity contribution in [2.75, 3.05) is 0 Å². The monoisotopic (exact) mass is 241 g/mol. The van der Waals surface area contributed by atoms with Gasteiger partial charge in [-0.3, -0.25) is 4.79 Å². The summed E-state index contributed by atoms with van der Waals surface area (Å²) in [6, 6.07) is 10.1. The summed E-state index contributed by atoms with van der Waals surface area (Å²) in [5, 5.41) is 0.672. The predicted molar refractivity (Wildman–Crippen MR) is 63.8 cm³/mol. The number of pyridine rings is 1. The Morgan fingerprint density at radius 3 is 2.78 bits per heavy atom. The van der Waals surface area contributed by atoms with Crippen LogP contribution in [0.1, 0.15) is 15.9 Å². The van der Waals surface area contributed by atoms with Crippen molar-refractivity contribution in [1.82, 2.24) is 4.98 Å². The summed E-state index contributed by atoms with van der Waals surface area (Å²) in [5.74, 6) is -1.20. The van der Waals surface area contributed by atoms with Gasteiger partial charge < -0.3 is 4.42 Å². The molecule has 0 fully saturated rings. The van der Waals surface area contributed by atoms with E-state index < -0.39 is 11.7 Å². The van der Waals surface area contributed by atoms with Crippen LogP contribution in [-0.4, -0.2) is 10.8 Å². The number of aromatic nitrogens is 1. The summed E-state index contributed by atoms with van der Waals surface area (Å²) in [5.41, 5.74) is 0.895. The number of hydrogen-bond donors (Lipinski definition) is 0. The maximum absolute atomic E-state index is 13.5. The van der Waals surface area contributed by atoms with Gasteiger partial charge in [-0.1, -0.05) is 18.2 Å².